The van der Waals surface area contributed by atoms with Gasteiger partial charge in [-0.05, 0) is 26.2 Å². The van der Waals surface area contributed by atoms with E-state index >= 15 is 0 Å². The van der Waals surface area contributed by atoms with Gasteiger partial charge in [0.1, 0.15) is 0 Å². The first kappa shape index (κ1) is 12.5. The summed E-state index contributed by atoms with van der Waals surface area (Å²) in [5, 5.41) is 0. The van der Waals surface area contributed by atoms with Crippen molar-refractivity contribution < 1.29 is 0 Å². The van der Waals surface area contributed by atoms with Crippen LogP contribution in [0.2, 0.25) is 0 Å². The third-order valence-corrected chi connectivity index (χ3v) is 2.05. The number of unbranched alkanes of at least 4 members (excludes halogenated alkanes) is 5. The van der Waals surface area contributed by atoms with Crippen molar-refractivity contribution in [1.29, 1.82) is 0 Å². The highest BCUT2D eigenvalue weighted by Crippen LogP contribution is 2.05. The van der Waals surface area contributed by atoms with E-state index in [1.165, 1.54) is 32.1 Å². The Morgan fingerprint density at radius 1 is 0.923 bits per heavy atom. The van der Waals surface area contributed by atoms with E-state index in [2.05, 4.69) is 38.2 Å². The van der Waals surface area contributed by atoms with Crippen molar-refractivity contribution in [2.24, 2.45) is 0 Å². The SMILES string of the molecule is [CH2]CCCCCCC=CCC=CC. The molecule has 0 atom stereocenters. The predicted molar refractivity (Wildman–Crippen MR) is 61.6 cm³/mol. The van der Waals surface area contributed by atoms with Gasteiger partial charge in [-0.15, -0.1) is 0 Å². The smallest absolute Gasteiger partial charge is 0.0169 e. The summed E-state index contributed by atoms with van der Waals surface area (Å²) in [6, 6.07) is 0. The molecule has 0 heteroatoms. The summed E-state index contributed by atoms with van der Waals surface area (Å²) in [6.45, 7) is 5.89. The topological polar surface area (TPSA) is 0 Å². The van der Waals surface area contributed by atoms with Crippen LogP contribution in [0.15, 0.2) is 24.3 Å². The standard InChI is InChI=1S/C13H23/c1-3-5-7-9-11-13-12-10-8-6-4-2/h4,6,10,12H,1,3,5,7-9,11,13H2,2H3. The van der Waals surface area contributed by atoms with Crippen LogP contribution in [0.5, 0.6) is 0 Å². The molecule has 0 bridgehead atoms. The van der Waals surface area contributed by atoms with Gasteiger partial charge >= 0.3 is 0 Å². The summed E-state index contributed by atoms with van der Waals surface area (Å²) in [4.78, 5) is 0. The van der Waals surface area contributed by atoms with Crippen LogP contribution in [0.25, 0.3) is 0 Å². The second-order valence-electron chi connectivity index (χ2n) is 3.33. The summed E-state index contributed by atoms with van der Waals surface area (Å²) in [5.74, 6) is 0. The molecule has 0 aliphatic heterocycles. The van der Waals surface area contributed by atoms with Crippen LogP contribution in [-0.2, 0) is 0 Å². The summed E-state index contributed by atoms with van der Waals surface area (Å²) in [5.41, 5.74) is 0. The zero-order chi connectivity index (χ0) is 9.78. The lowest BCUT2D eigenvalue weighted by molar-refractivity contribution is 0.651. The van der Waals surface area contributed by atoms with Gasteiger partial charge in [-0.2, -0.15) is 0 Å². The zero-order valence-electron chi connectivity index (χ0n) is 8.97. The maximum absolute atomic E-state index is 3.83. The third kappa shape index (κ3) is 11.5. The highest BCUT2D eigenvalue weighted by molar-refractivity contribution is 4.91. The van der Waals surface area contributed by atoms with Gasteiger partial charge in [0.15, 0.2) is 0 Å². The van der Waals surface area contributed by atoms with E-state index in [-0.39, 0.29) is 0 Å². The Kier molecular flexibility index (Phi) is 11.0. The van der Waals surface area contributed by atoms with Crippen LogP contribution in [-0.4, -0.2) is 0 Å². The van der Waals surface area contributed by atoms with Crippen LogP contribution in [0, 0.1) is 6.92 Å². The fourth-order valence-corrected chi connectivity index (χ4v) is 1.22. The highest BCUT2D eigenvalue weighted by Gasteiger charge is 1.85. The van der Waals surface area contributed by atoms with Gasteiger partial charge in [0, 0.05) is 0 Å². The minimum absolute atomic E-state index is 1.09. The van der Waals surface area contributed by atoms with Crippen LogP contribution in [0.4, 0.5) is 0 Å². The molecule has 0 aromatic rings. The number of allylic oxidation sites excluding steroid dienone is 4. The molecule has 0 nitrogen and oxygen atoms in total. The van der Waals surface area contributed by atoms with E-state index < -0.39 is 0 Å². The lowest BCUT2D eigenvalue weighted by Gasteiger charge is -1.95. The molecule has 0 fully saturated rings. The molecule has 0 saturated heterocycles. The molecule has 0 spiro atoms. The van der Waals surface area contributed by atoms with E-state index in [1.54, 1.807) is 0 Å². The van der Waals surface area contributed by atoms with Crippen molar-refractivity contribution in [2.75, 3.05) is 0 Å². The van der Waals surface area contributed by atoms with Crippen molar-refractivity contribution in [1.82, 2.24) is 0 Å². The first-order chi connectivity index (χ1) is 6.41. The third-order valence-electron chi connectivity index (χ3n) is 2.05. The number of rotatable bonds is 8. The number of hydrogen-bond acceptors (Lipinski definition) is 0. The molecule has 0 amide bonds. The maximum Gasteiger partial charge on any atom is -0.0169 e. The van der Waals surface area contributed by atoms with Crippen molar-refractivity contribution in [3.8, 4) is 0 Å². The highest BCUT2D eigenvalue weighted by atomic mass is 13.9. The fraction of sp³-hybridized carbons (Fsp3) is 0.615. The molecule has 0 aliphatic carbocycles. The second kappa shape index (κ2) is 11.5. The molecule has 0 rings (SSSR count). The molecule has 0 heterocycles. The lowest BCUT2D eigenvalue weighted by atomic mass is 10.1. The molecule has 0 aromatic carbocycles. The quantitative estimate of drug-likeness (QED) is 0.375. The van der Waals surface area contributed by atoms with Gasteiger partial charge in [-0.1, -0.05) is 56.9 Å². The van der Waals surface area contributed by atoms with Gasteiger partial charge in [0.25, 0.3) is 0 Å². The van der Waals surface area contributed by atoms with Gasteiger partial charge in [0.2, 0.25) is 0 Å². The van der Waals surface area contributed by atoms with Gasteiger partial charge in [-0.3, -0.25) is 0 Å². The first-order valence-electron chi connectivity index (χ1n) is 5.47. The van der Waals surface area contributed by atoms with Crippen molar-refractivity contribution in [3.63, 3.8) is 0 Å². The van der Waals surface area contributed by atoms with Crippen LogP contribution >= 0.6 is 0 Å². The molecule has 0 aromatic heterocycles. The minimum Gasteiger partial charge on any atom is -0.0914 e. The van der Waals surface area contributed by atoms with Crippen LogP contribution in [0.1, 0.15) is 51.9 Å². The van der Waals surface area contributed by atoms with E-state index in [0.29, 0.717) is 0 Å². The van der Waals surface area contributed by atoms with Crippen molar-refractivity contribution in [2.45, 2.75) is 51.9 Å². The largest absolute Gasteiger partial charge is 0.0914 e. The summed E-state index contributed by atoms with van der Waals surface area (Å²) in [6.07, 6.45) is 17.6. The Bertz CT molecular complexity index is 131. The van der Waals surface area contributed by atoms with Crippen molar-refractivity contribution >= 4 is 0 Å². The number of hydrogen-bond donors (Lipinski definition) is 0. The Hall–Kier alpha value is -0.520. The molecule has 0 N–H and O–H groups in total. The molecule has 75 valence electrons. The predicted octanol–water partition coefficient (Wildman–Crippen LogP) is 4.68. The normalized spacial score (nSPS) is 11.8. The van der Waals surface area contributed by atoms with Gasteiger partial charge < -0.3 is 0 Å². The van der Waals surface area contributed by atoms with Gasteiger partial charge in [-0.25, -0.2) is 0 Å². The van der Waals surface area contributed by atoms with Crippen LogP contribution in [0.3, 0.4) is 0 Å². The summed E-state index contributed by atoms with van der Waals surface area (Å²) in [7, 11) is 0. The van der Waals surface area contributed by atoms with Crippen molar-refractivity contribution in [3.05, 3.63) is 31.2 Å². The Morgan fingerprint density at radius 3 is 2.38 bits per heavy atom. The van der Waals surface area contributed by atoms with E-state index in [1.807, 2.05) is 0 Å². The van der Waals surface area contributed by atoms with Crippen LogP contribution < -0.4 is 0 Å². The van der Waals surface area contributed by atoms with Gasteiger partial charge in [0.05, 0.1) is 0 Å². The Morgan fingerprint density at radius 2 is 1.69 bits per heavy atom. The van der Waals surface area contributed by atoms with E-state index in [9.17, 15) is 0 Å². The molecule has 1 radical (unpaired) electrons. The van der Waals surface area contributed by atoms with E-state index in [4.69, 9.17) is 0 Å². The fourth-order valence-electron chi connectivity index (χ4n) is 1.22. The molecule has 0 saturated carbocycles. The Labute approximate surface area is 83.7 Å². The average molecular weight is 179 g/mol. The average Bonchev–Trinajstić information content (AvgIpc) is 2.16. The molecule has 13 heavy (non-hydrogen) atoms. The second-order valence-corrected chi connectivity index (χ2v) is 3.33. The monoisotopic (exact) mass is 179 g/mol. The lowest BCUT2D eigenvalue weighted by Crippen LogP contribution is -1.75. The Balaban J connectivity index is 3.02. The molecular weight excluding hydrogens is 156 g/mol. The zero-order valence-corrected chi connectivity index (χ0v) is 8.97. The minimum atomic E-state index is 1.09. The first-order valence-corrected chi connectivity index (χ1v) is 5.47. The molecule has 0 aliphatic rings. The molecular formula is C13H23. The summed E-state index contributed by atoms with van der Waals surface area (Å²) < 4.78 is 0. The maximum atomic E-state index is 3.83. The summed E-state index contributed by atoms with van der Waals surface area (Å²) >= 11 is 0. The van der Waals surface area contributed by atoms with E-state index in [0.717, 1.165) is 12.8 Å². The molecule has 0 unspecified atom stereocenters.